The maximum absolute atomic E-state index is 13.8. The standard InChI is InChI=1S/C29H40O11/c1-16(30)34-19(13-18(31)21-23(38-28(4,5)37-21)20-15-33-27(2,3)36-20)22-24(32-14-17-11-9-8-10-12-17)25-26(35-22)40-29(6,7)39-25/h8-12,19-26H,13-15H2,1-7H3/t19-,20+,21+,22-,23+,24+,25-,26-/m1/s1. The van der Waals surface area contributed by atoms with Gasteiger partial charge in [-0.15, -0.1) is 0 Å². The van der Waals surface area contributed by atoms with E-state index in [1.807, 2.05) is 30.3 Å². The molecular formula is C29H40O11. The Kier molecular flexibility index (Phi) is 8.14. The number of rotatable bonds is 9. The molecule has 0 aromatic heterocycles. The van der Waals surface area contributed by atoms with Crippen LogP contribution in [0.4, 0.5) is 0 Å². The number of hydrogen-bond donors (Lipinski definition) is 0. The van der Waals surface area contributed by atoms with Crippen molar-refractivity contribution in [1.82, 2.24) is 0 Å². The first-order chi connectivity index (χ1) is 18.7. The van der Waals surface area contributed by atoms with Crippen LogP contribution in [0, 0.1) is 0 Å². The third-order valence-corrected chi connectivity index (χ3v) is 7.24. The number of Topliss-reactive ketones (excluding diaryl/α,β-unsaturated/α-hetero) is 1. The van der Waals surface area contributed by atoms with Gasteiger partial charge in [-0.1, -0.05) is 30.3 Å². The maximum Gasteiger partial charge on any atom is 0.303 e. The van der Waals surface area contributed by atoms with Gasteiger partial charge in [-0.25, -0.2) is 0 Å². The molecule has 0 N–H and O–H groups in total. The fourth-order valence-electron chi connectivity index (χ4n) is 5.70. The van der Waals surface area contributed by atoms with Crippen molar-refractivity contribution >= 4 is 11.8 Å². The van der Waals surface area contributed by atoms with Gasteiger partial charge in [-0.05, 0) is 47.1 Å². The highest BCUT2D eigenvalue weighted by Crippen LogP contribution is 2.42. The van der Waals surface area contributed by atoms with E-state index >= 15 is 0 Å². The van der Waals surface area contributed by atoms with Crippen LogP contribution in [0.2, 0.25) is 0 Å². The first-order valence-electron chi connectivity index (χ1n) is 13.8. The second-order valence-corrected chi connectivity index (χ2v) is 12.0. The molecule has 222 valence electrons. The molecule has 40 heavy (non-hydrogen) atoms. The predicted molar refractivity (Wildman–Crippen MR) is 138 cm³/mol. The molecule has 0 radical (unpaired) electrons. The van der Waals surface area contributed by atoms with E-state index in [4.69, 9.17) is 42.6 Å². The second kappa shape index (κ2) is 11.0. The van der Waals surface area contributed by atoms with Crippen molar-refractivity contribution in [1.29, 1.82) is 0 Å². The van der Waals surface area contributed by atoms with Crippen molar-refractivity contribution in [2.45, 2.75) is 128 Å². The lowest BCUT2D eigenvalue weighted by Crippen LogP contribution is -2.48. The molecule has 1 aromatic carbocycles. The number of carbonyl (C=O) groups is 2. The van der Waals surface area contributed by atoms with Crippen molar-refractivity contribution in [3.8, 4) is 0 Å². The van der Waals surface area contributed by atoms with Crippen molar-refractivity contribution in [2.24, 2.45) is 0 Å². The van der Waals surface area contributed by atoms with E-state index in [1.165, 1.54) is 6.92 Å². The minimum absolute atomic E-state index is 0.199. The molecule has 1 aromatic rings. The molecule has 8 atom stereocenters. The molecule has 11 nitrogen and oxygen atoms in total. The number of esters is 1. The van der Waals surface area contributed by atoms with E-state index in [-0.39, 0.29) is 25.4 Å². The molecule has 4 fully saturated rings. The van der Waals surface area contributed by atoms with Gasteiger partial charge >= 0.3 is 5.97 Å². The SMILES string of the molecule is CC(=O)O[C@H](CC(=O)[C@@H]1OC(C)(C)O[C@H]1[C@@H]1COC(C)(C)O1)[C@H]1O[C@@H]2OC(C)(C)O[C@@H]2[C@H]1OCc1ccccc1. The summed E-state index contributed by atoms with van der Waals surface area (Å²) in [6, 6.07) is 9.66. The first kappa shape index (κ1) is 29.5. The quantitative estimate of drug-likeness (QED) is 0.412. The summed E-state index contributed by atoms with van der Waals surface area (Å²) in [6.07, 6.45) is -6.21. The number of benzene rings is 1. The molecule has 0 unspecified atom stereocenters. The summed E-state index contributed by atoms with van der Waals surface area (Å²) in [5.74, 6) is -3.59. The van der Waals surface area contributed by atoms with Crippen molar-refractivity contribution in [2.75, 3.05) is 6.61 Å². The van der Waals surface area contributed by atoms with Crippen molar-refractivity contribution < 1.29 is 52.2 Å². The van der Waals surface area contributed by atoms with Gasteiger partial charge in [0.2, 0.25) is 0 Å². The van der Waals surface area contributed by atoms with Crippen LogP contribution in [0.5, 0.6) is 0 Å². The lowest BCUT2D eigenvalue weighted by Gasteiger charge is -2.31. The molecule has 0 bridgehead atoms. The average molecular weight is 565 g/mol. The summed E-state index contributed by atoms with van der Waals surface area (Å²) in [5, 5.41) is 0. The molecule has 4 saturated heterocycles. The van der Waals surface area contributed by atoms with Gasteiger partial charge in [0.05, 0.1) is 13.2 Å². The monoisotopic (exact) mass is 564 g/mol. The zero-order valence-electron chi connectivity index (χ0n) is 24.1. The third-order valence-electron chi connectivity index (χ3n) is 7.24. The Morgan fingerprint density at radius 3 is 2.23 bits per heavy atom. The summed E-state index contributed by atoms with van der Waals surface area (Å²) < 4.78 is 54.1. The molecule has 5 rings (SSSR count). The molecule has 4 aliphatic rings. The largest absolute Gasteiger partial charge is 0.459 e. The molecular weight excluding hydrogens is 524 g/mol. The zero-order valence-corrected chi connectivity index (χ0v) is 24.1. The molecule has 0 saturated carbocycles. The highest BCUT2D eigenvalue weighted by Gasteiger charge is 2.59. The van der Waals surface area contributed by atoms with Gasteiger partial charge in [-0.2, -0.15) is 0 Å². The van der Waals surface area contributed by atoms with E-state index in [0.29, 0.717) is 0 Å². The Hall–Kier alpha value is -1.96. The molecule has 11 heteroatoms. The van der Waals surface area contributed by atoms with E-state index in [1.54, 1.807) is 41.5 Å². The Morgan fingerprint density at radius 1 is 0.900 bits per heavy atom. The molecule has 0 spiro atoms. The van der Waals surface area contributed by atoms with E-state index in [0.717, 1.165) is 5.56 Å². The van der Waals surface area contributed by atoms with Gasteiger partial charge in [-0.3, -0.25) is 9.59 Å². The summed E-state index contributed by atoms with van der Waals surface area (Å²) in [6.45, 7) is 12.5. The number of ketones is 1. The Balaban J connectivity index is 1.35. The number of fused-ring (bicyclic) bond motifs is 1. The fraction of sp³-hybridized carbons (Fsp3) is 0.724. The smallest absolute Gasteiger partial charge is 0.303 e. The zero-order chi connectivity index (χ0) is 28.9. The van der Waals surface area contributed by atoms with E-state index < -0.39 is 72.3 Å². The van der Waals surface area contributed by atoms with Crippen LogP contribution < -0.4 is 0 Å². The van der Waals surface area contributed by atoms with Crippen LogP contribution in [0.25, 0.3) is 0 Å². The Labute approximate surface area is 234 Å². The van der Waals surface area contributed by atoms with Crippen LogP contribution in [0.15, 0.2) is 30.3 Å². The predicted octanol–water partition coefficient (Wildman–Crippen LogP) is 3.01. The fourth-order valence-corrected chi connectivity index (χ4v) is 5.70. The lowest BCUT2D eigenvalue weighted by molar-refractivity contribution is -0.233. The Morgan fingerprint density at radius 2 is 1.57 bits per heavy atom. The summed E-state index contributed by atoms with van der Waals surface area (Å²) in [5.41, 5.74) is 0.950. The van der Waals surface area contributed by atoms with Crippen LogP contribution >= 0.6 is 0 Å². The average Bonchev–Trinajstić information content (AvgIpc) is 3.56. The molecule has 4 heterocycles. The van der Waals surface area contributed by atoms with Crippen LogP contribution in [0.3, 0.4) is 0 Å². The van der Waals surface area contributed by atoms with Crippen LogP contribution in [-0.2, 0) is 58.8 Å². The highest BCUT2D eigenvalue weighted by molar-refractivity contribution is 5.85. The van der Waals surface area contributed by atoms with E-state index in [9.17, 15) is 9.59 Å². The maximum atomic E-state index is 13.8. The number of ether oxygens (including phenoxy) is 9. The van der Waals surface area contributed by atoms with Gasteiger partial charge in [0.25, 0.3) is 0 Å². The topological polar surface area (TPSA) is 117 Å². The van der Waals surface area contributed by atoms with Crippen LogP contribution in [-0.4, -0.2) is 84.7 Å². The summed E-state index contributed by atoms with van der Waals surface area (Å²) in [4.78, 5) is 26.0. The van der Waals surface area contributed by atoms with E-state index in [2.05, 4.69) is 0 Å². The highest BCUT2D eigenvalue weighted by atomic mass is 16.8. The van der Waals surface area contributed by atoms with Gasteiger partial charge in [0.1, 0.15) is 42.7 Å². The second-order valence-electron chi connectivity index (χ2n) is 12.0. The summed E-state index contributed by atoms with van der Waals surface area (Å²) >= 11 is 0. The molecule has 0 aliphatic carbocycles. The van der Waals surface area contributed by atoms with Gasteiger partial charge in [0.15, 0.2) is 29.4 Å². The van der Waals surface area contributed by atoms with Crippen molar-refractivity contribution in [3.05, 3.63) is 35.9 Å². The van der Waals surface area contributed by atoms with Gasteiger partial charge < -0.3 is 42.6 Å². The Bertz CT molecular complexity index is 1070. The first-order valence-corrected chi connectivity index (χ1v) is 13.8. The van der Waals surface area contributed by atoms with Crippen molar-refractivity contribution in [3.63, 3.8) is 0 Å². The van der Waals surface area contributed by atoms with Gasteiger partial charge in [0, 0.05) is 13.3 Å². The minimum atomic E-state index is -1.02. The van der Waals surface area contributed by atoms with Crippen LogP contribution in [0.1, 0.15) is 60.5 Å². The normalized spacial score (nSPS) is 36.3. The lowest BCUT2D eigenvalue weighted by atomic mass is 9.96. The minimum Gasteiger partial charge on any atom is -0.459 e. The molecule has 0 amide bonds. The summed E-state index contributed by atoms with van der Waals surface area (Å²) in [7, 11) is 0. The number of carbonyl (C=O) groups excluding carboxylic acids is 2. The number of hydrogen-bond acceptors (Lipinski definition) is 11. The molecule has 4 aliphatic heterocycles. The third kappa shape index (κ3) is 6.57.